The van der Waals surface area contributed by atoms with E-state index >= 15 is 0 Å². The molecule has 0 radical (unpaired) electrons. The molecular formula is C13H19N3O3SSi. The summed E-state index contributed by atoms with van der Waals surface area (Å²) in [6, 6.07) is 1.04. The van der Waals surface area contributed by atoms with Crippen LogP contribution in [-0.4, -0.2) is 49.3 Å². The highest BCUT2D eigenvalue weighted by atomic mass is 32.2. The predicted octanol–water partition coefficient (Wildman–Crippen LogP) is 2.04. The molecule has 0 unspecified atom stereocenters. The Hall–Kier alpha value is -1.25. The molecule has 0 saturated carbocycles. The van der Waals surface area contributed by atoms with E-state index in [1.807, 2.05) is 0 Å². The molecule has 0 fully saturated rings. The molecule has 0 bridgehead atoms. The molecule has 2 rings (SSSR count). The van der Waals surface area contributed by atoms with Crippen molar-refractivity contribution in [1.29, 1.82) is 0 Å². The van der Waals surface area contributed by atoms with Crippen molar-refractivity contribution in [1.82, 2.24) is 9.97 Å². The van der Waals surface area contributed by atoms with Crippen molar-refractivity contribution >= 4 is 37.8 Å². The molecule has 8 heteroatoms. The third kappa shape index (κ3) is 4.35. The highest BCUT2D eigenvalue weighted by Crippen LogP contribution is 2.31. The van der Waals surface area contributed by atoms with Crippen LogP contribution in [0.3, 0.4) is 0 Å². The van der Waals surface area contributed by atoms with Crippen LogP contribution in [0, 0.1) is 0 Å². The quantitative estimate of drug-likeness (QED) is 0.453. The van der Waals surface area contributed by atoms with Crippen LogP contribution in [0.2, 0.25) is 25.7 Å². The lowest BCUT2D eigenvalue weighted by Crippen LogP contribution is -2.38. The van der Waals surface area contributed by atoms with Crippen molar-refractivity contribution in [3.05, 3.63) is 11.9 Å². The summed E-state index contributed by atoms with van der Waals surface area (Å²) in [5.74, 6) is 0.672. The van der Waals surface area contributed by atoms with E-state index in [-0.39, 0.29) is 18.3 Å². The summed E-state index contributed by atoms with van der Waals surface area (Å²) >= 11 is 1.33. The molecule has 0 aliphatic carbocycles. The molecule has 21 heavy (non-hydrogen) atoms. The van der Waals surface area contributed by atoms with Crippen molar-refractivity contribution in [3.63, 3.8) is 0 Å². The largest absolute Gasteiger partial charge is 0.361 e. The van der Waals surface area contributed by atoms with Gasteiger partial charge >= 0.3 is 0 Å². The van der Waals surface area contributed by atoms with E-state index in [2.05, 4.69) is 29.6 Å². The second-order valence-electron chi connectivity index (χ2n) is 6.00. The van der Waals surface area contributed by atoms with E-state index in [0.29, 0.717) is 29.5 Å². The average molecular weight is 325 g/mol. The molecule has 2 heterocycles. The molecule has 0 saturated heterocycles. The number of fused-ring (bicyclic) bond motifs is 1. The van der Waals surface area contributed by atoms with E-state index in [1.54, 1.807) is 0 Å². The van der Waals surface area contributed by atoms with Gasteiger partial charge in [0.15, 0.2) is 12.1 Å². The van der Waals surface area contributed by atoms with Gasteiger partial charge in [-0.25, -0.2) is 9.97 Å². The molecule has 0 spiro atoms. The van der Waals surface area contributed by atoms with Crippen molar-refractivity contribution in [2.45, 2.75) is 30.7 Å². The molecule has 6 nitrogen and oxygen atoms in total. The first-order chi connectivity index (χ1) is 9.90. The van der Waals surface area contributed by atoms with Crippen molar-refractivity contribution in [2.75, 3.05) is 24.0 Å². The molecule has 114 valence electrons. The first-order valence-electron chi connectivity index (χ1n) is 6.74. The normalized spacial score (nSPS) is 15.0. The summed E-state index contributed by atoms with van der Waals surface area (Å²) in [7, 11) is -1.15. The van der Waals surface area contributed by atoms with E-state index in [4.69, 9.17) is 4.74 Å². The molecule has 1 amide bonds. The summed E-state index contributed by atoms with van der Waals surface area (Å²) in [6.07, 6.45) is 2.04. The lowest BCUT2D eigenvalue weighted by atomic mass is 10.4. The average Bonchev–Trinajstić information content (AvgIpc) is 2.43. The van der Waals surface area contributed by atoms with Gasteiger partial charge in [0.2, 0.25) is 5.91 Å². The second kappa shape index (κ2) is 6.67. The SMILES string of the molecule is C[Si](C)(C)CCOCN1C(=O)CSc2ncc(C=O)nc21. The molecule has 0 N–H and O–H groups in total. The van der Waals surface area contributed by atoms with Crippen LogP contribution in [-0.2, 0) is 9.53 Å². The summed E-state index contributed by atoms with van der Waals surface area (Å²) < 4.78 is 5.62. The number of carbonyl (C=O) groups excluding carboxylic acids is 2. The van der Waals surface area contributed by atoms with Gasteiger partial charge in [-0.3, -0.25) is 14.5 Å². The van der Waals surface area contributed by atoms with E-state index in [0.717, 1.165) is 6.04 Å². The van der Waals surface area contributed by atoms with Crippen LogP contribution in [0.25, 0.3) is 0 Å². The maximum Gasteiger partial charge on any atom is 0.240 e. The Morgan fingerprint density at radius 3 is 2.90 bits per heavy atom. The van der Waals surface area contributed by atoms with Gasteiger partial charge in [-0.1, -0.05) is 31.4 Å². The van der Waals surface area contributed by atoms with Crippen molar-refractivity contribution < 1.29 is 14.3 Å². The number of hydrogen-bond donors (Lipinski definition) is 0. The number of anilines is 1. The predicted molar refractivity (Wildman–Crippen MR) is 84.6 cm³/mol. The number of aromatic nitrogens is 2. The van der Waals surface area contributed by atoms with E-state index in [1.165, 1.54) is 22.9 Å². The fourth-order valence-electron chi connectivity index (χ4n) is 1.71. The number of hydrogen-bond acceptors (Lipinski definition) is 6. The van der Waals surface area contributed by atoms with Crippen molar-refractivity contribution in [2.24, 2.45) is 0 Å². The van der Waals surface area contributed by atoms with E-state index < -0.39 is 8.07 Å². The summed E-state index contributed by atoms with van der Waals surface area (Å²) in [5.41, 5.74) is 0.219. The Labute approximate surface area is 129 Å². The smallest absolute Gasteiger partial charge is 0.240 e. The Kier molecular flexibility index (Phi) is 5.12. The first kappa shape index (κ1) is 16.1. The highest BCUT2D eigenvalue weighted by molar-refractivity contribution is 8.00. The number of ether oxygens (including phenoxy) is 1. The zero-order chi connectivity index (χ0) is 15.5. The number of amides is 1. The summed E-state index contributed by atoms with van der Waals surface area (Å²) in [5, 5.41) is 0.661. The van der Waals surface area contributed by atoms with Crippen LogP contribution >= 0.6 is 11.8 Å². The Morgan fingerprint density at radius 2 is 2.24 bits per heavy atom. The lowest BCUT2D eigenvalue weighted by molar-refractivity contribution is -0.117. The maximum atomic E-state index is 12.0. The van der Waals surface area contributed by atoms with Gasteiger partial charge in [0.1, 0.15) is 17.5 Å². The number of thioether (sulfide) groups is 1. The van der Waals surface area contributed by atoms with E-state index in [9.17, 15) is 9.59 Å². The van der Waals surface area contributed by atoms with Crippen LogP contribution < -0.4 is 4.90 Å². The second-order valence-corrected chi connectivity index (χ2v) is 12.6. The van der Waals surface area contributed by atoms with Gasteiger partial charge in [0, 0.05) is 14.7 Å². The molecule has 1 aromatic heterocycles. The molecule has 0 aromatic carbocycles. The summed E-state index contributed by atoms with van der Waals surface area (Å²) in [6.45, 7) is 7.61. The van der Waals surface area contributed by atoms with Crippen molar-refractivity contribution in [3.8, 4) is 0 Å². The topological polar surface area (TPSA) is 72.4 Å². The van der Waals surface area contributed by atoms with Gasteiger partial charge in [0.25, 0.3) is 0 Å². The van der Waals surface area contributed by atoms with Crippen LogP contribution in [0.5, 0.6) is 0 Å². The molecule has 1 aromatic rings. The fourth-order valence-corrected chi connectivity index (χ4v) is 3.29. The van der Waals surface area contributed by atoms with Gasteiger partial charge < -0.3 is 4.74 Å². The zero-order valence-corrected chi connectivity index (χ0v) is 14.3. The lowest BCUT2D eigenvalue weighted by Gasteiger charge is -2.27. The van der Waals surface area contributed by atoms with Gasteiger partial charge in [0.05, 0.1) is 11.9 Å². The minimum atomic E-state index is -1.15. The fraction of sp³-hybridized carbons (Fsp3) is 0.538. The first-order valence-corrected chi connectivity index (χ1v) is 11.4. The minimum absolute atomic E-state index is 0.0714. The highest BCUT2D eigenvalue weighted by Gasteiger charge is 2.27. The molecular weight excluding hydrogens is 306 g/mol. The maximum absolute atomic E-state index is 12.0. The zero-order valence-electron chi connectivity index (χ0n) is 12.5. The van der Waals surface area contributed by atoms with Crippen LogP contribution in [0.1, 0.15) is 10.5 Å². The minimum Gasteiger partial charge on any atom is -0.361 e. The summed E-state index contributed by atoms with van der Waals surface area (Å²) in [4.78, 5) is 32.6. The van der Waals surface area contributed by atoms with Crippen LogP contribution in [0.4, 0.5) is 5.82 Å². The number of aldehydes is 1. The number of carbonyl (C=O) groups is 2. The molecule has 1 aliphatic rings. The number of rotatable bonds is 6. The Bertz CT molecular complexity index is 548. The number of nitrogens with zero attached hydrogens (tertiary/aromatic N) is 3. The Morgan fingerprint density at radius 1 is 1.48 bits per heavy atom. The standard InChI is InChI=1S/C13H19N3O3SSi/c1-21(2,3)5-4-19-9-16-11(18)8-20-13-12(16)15-10(7-17)6-14-13/h6-7H,4-5,8-9H2,1-3H3. The van der Waals surface area contributed by atoms with Gasteiger partial charge in [-0.2, -0.15) is 0 Å². The van der Waals surface area contributed by atoms with Gasteiger partial charge in [-0.05, 0) is 6.04 Å². The van der Waals surface area contributed by atoms with Gasteiger partial charge in [-0.15, -0.1) is 0 Å². The molecule has 1 aliphatic heterocycles. The monoisotopic (exact) mass is 325 g/mol. The Balaban J connectivity index is 2.05. The van der Waals surface area contributed by atoms with Crippen LogP contribution in [0.15, 0.2) is 11.2 Å². The third-order valence-electron chi connectivity index (χ3n) is 2.97. The third-order valence-corrected chi connectivity index (χ3v) is 5.62. The molecule has 0 atom stereocenters.